The number of nitrogen functional groups attached to an aromatic ring is 1. The number of imidazole rings is 1. The zero-order chi connectivity index (χ0) is 23.3. The molecule has 0 saturated carbocycles. The Labute approximate surface area is 188 Å². The third-order valence-electron chi connectivity index (χ3n) is 6.02. The Hall–Kier alpha value is -4.26. The molecule has 0 aliphatic carbocycles. The number of halogens is 1. The number of amides is 1. The summed E-state index contributed by atoms with van der Waals surface area (Å²) in [6.45, 7) is 6.47. The molecular weight excluding hydrogens is 423 g/mol. The highest BCUT2D eigenvalue weighted by Gasteiger charge is 2.29. The van der Waals surface area contributed by atoms with E-state index in [1.165, 1.54) is 18.5 Å². The maximum atomic E-state index is 14.7. The van der Waals surface area contributed by atoms with Crippen molar-refractivity contribution in [2.24, 2.45) is 7.05 Å². The highest BCUT2D eigenvalue weighted by atomic mass is 19.1. The number of rotatable bonds is 2. The average Bonchev–Trinajstić information content (AvgIpc) is 3.49. The van der Waals surface area contributed by atoms with Crippen molar-refractivity contribution in [3.63, 3.8) is 0 Å². The Bertz CT molecular complexity index is 1510. The van der Waals surface area contributed by atoms with E-state index < -0.39 is 5.82 Å². The van der Waals surface area contributed by atoms with Gasteiger partial charge in [-0.15, -0.1) is 0 Å². The number of hydrogen-bond acceptors (Lipinski definition) is 6. The quantitative estimate of drug-likeness (QED) is 0.375. The number of anilines is 1. The summed E-state index contributed by atoms with van der Waals surface area (Å²) in [5, 5.41) is 5.14. The van der Waals surface area contributed by atoms with E-state index in [9.17, 15) is 9.18 Å². The number of fused-ring (bicyclic) bond motifs is 2. The van der Waals surface area contributed by atoms with Crippen LogP contribution in [0.5, 0.6) is 0 Å². The Morgan fingerprint density at radius 3 is 2.94 bits per heavy atom. The minimum atomic E-state index is -0.444. The first kappa shape index (κ1) is 20.6. The third-order valence-corrected chi connectivity index (χ3v) is 6.02. The van der Waals surface area contributed by atoms with Gasteiger partial charge in [0.05, 0.1) is 28.0 Å². The summed E-state index contributed by atoms with van der Waals surface area (Å²) in [5.41, 5.74) is 8.58. The molecule has 0 bridgehead atoms. The number of aromatic nitrogens is 6. The summed E-state index contributed by atoms with van der Waals surface area (Å²) in [5.74, 6) is 6.27. The second kappa shape index (κ2) is 7.70. The third kappa shape index (κ3) is 3.38. The zero-order valence-electron chi connectivity index (χ0n) is 18.2. The van der Waals surface area contributed by atoms with Crippen LogP contribution in [0.25, 0.3) is 22.1 Å². The van der Waals surface area contributed by atoms with Gasteiger partial charge in [0.2, 0.25) is 5.91 Å². The number of nitrogens with zero attached hydrogens (tertiary/aromatic N) is 7. The van der Waals surface area contributed by atoms with E-state index in [0.29, 0.717) is 47.3 Å². The van der Waals surface area contributed by atoms with Crippen LogP contribution >= 0.6 is 0 Å². The van der Waals surface area contributed by atoms with E-state index in [1.807, 2.05) is 18.5 Å². The molecule has 166 valence electrons. The maximum absolute atomic E-state index is 14.7. The summed E-state index contributed by atoms with van der Waals surface area (Å²) in [6, 6.07) is 2.96. The molecule has 0 unspecified atom stereocenters. The summed E-state index contributed by atoms with van der Waals surface area (Å²) in [4.78, 5) is 26.6. The highest BCUT2D eigenvalue weighted by molar-refractivity contribution is 5.91. The summed E-state index contributed by atoms with van der Waals surface area (Å²) in [6.07, 6.45) is 3.37. The molecule has 1 saturated heterocycles. The molecular formula is C23H21FN8O. The fourth-order valence-corrected chi connectivity index (χ4v) is 4.16. The molecule has 9 nitrogen and oxygen atoms in total. The molecule has 4 aromatic rings. The smallest absolute Gasteiger partial charge is 0.246 e. The van der Waals surface area contributed by atoms with Crippen LogP contribution in [-0.2, 0) is 11.8 Å². The first-order chi connectivity index (χ1) is 15.9. The van der Waals surface area contributed by atoms with Crippen molar-refractivity contribution in [1.82, 2.24) is 34.2 Å². The van der Waals surface area contributed by atoms with Gasteiger partial charge in [-0.2, -0.15) is 5.10 Å². The molecule has 1 aliphatic rings. The molecule has 2 N–H and O–H groups in total. The van der Waals surface area contributed by atoms with Crippen LogP contribution in [0.3, 0.4) is 0 Å². The Morgan fingerprint density at radius 2 is 2.15 bits per heavy atom. The van der Waals surface area contributed by atoms with Crippen molar-refractivity contribution in [1.29, 1.82) is 0 Å². The molecule has 1 fully saturated rings. The number of hydrogen-bond donors (Lipinski definition) is 1. The highest BCUT2D eigenvalue weighted by Crippen LogP contribution is 2.28. The van der Waals surface area contributed by atoms with Crippen LogP contribution in [0.15, 0.2) is 31.1 Å². The van der Waals surface area contributed by atoms with E-state index >= 15 is 0 Å². The van der Waals surface area contributed by atoms with Gasteiger partial charge in [0.1, 0.15) is 29.5 Å². The molecule has 1 aliphatic heterocycles. The lowest BCUT2D eigenvalue weighted by Crippen LogP contribution is -2.27. The first-order valence-electron chi connectivity index (χ1n) is 10.4. The van der Waals surface area contributed by atoms with Gasteiger partial charge in [0.15, 0.2) is 5.65 Å². The Balaban J connectivity index is 1.58. The SMILES string of the molecule is C=CC(=O)N1CC[C@H](n2nc(C#Cc3cc4nc(C)n(C)c4cc3F)c3c(N)ncnc32)C1. The molecule has 33 heavy (non-hydrogen) atoms. The van der Waals surface area contributed by atoms with Crippen molar-refractivity contribution >= 4 is 33.8 Å². The largest absolute Gasteiger partial charge is 0.383 e. The molecule has 1 atom stereocenters. The van der Waals surface area contributed by atoms with Gasteiger partial charge >= 0.3 is 0 Å². The zero-order valence-corrected chi connectivity index (χ0v) is 18.2. The molecule has 1 aromatic carbocycles. The van der Waals surface area contributed by atoms with Gasteiger partial charge in [-0.05, 0) is 31.4 Å². The van der Waals surface area contributed by atoms with Crippen molar-refractivity contribution in [2.45, 2.75) is 19.4 Å². The monoisotopic (exact) mass is 444 g/mol. The van der Waals surface area contributed by atoms with Crippen LogP contribution in [-0.4, -0.2) is 53.2 Å². The van der Waals surface area contributed by atoms with E-state index in [4.69, 9.17) is 5.73 Å². The van der Waals surface area contributed by atoms with Crippen molar-refractivity contribution in [2.75, 3.05) is 18.8 Å². The molecule has 0 spiro atoms. The Morgan fingerprint density at radius 1 is 1.33 bits per heavy atom. The maximum Gasteiger partial charge on any atom is 0.246 e. The number of benzene rings is 1. The van der Waals surface area contributed by atoms with Crippen molar-refractivity contribution in [3.05, 3.63) is 54.0 Å². The number of aryl methyl sites for hydroxylation is 2. The number of likely N-dealkylation sites (tertiary alicyclic amines) is 1. The van der Waals surface area contributed by atoms with Crippen LogP contribution in [0.4, 0.5) is 10.2 Å². The minimum absolute atomic E-state index is 0.0918. The number of carbonyl (C=O) groups is 1. The van der Waals surface area contributed by atoms with Gasteiger partial charge in [-0.3, -0.25) is 4.79 Å². The fourth-order valence-electron chi connectivity index (χ4n) is 4.16. The molecule has 1 amide bonds. The molecule has 5 rings (SSSR count). The van der Waals surface area contributed by atoms with E-state index in [1.54, 1.807) is 15.6 Å². The fraction of sp³-hybridized carbons (Fsp3) is 0.261. The van der Waals surface area contributed by atoms with Crippen LogP contribution in [0.1, 0.15) is 29.5 Å². The summed E-state index contributed by atoms with van der Waals surface area (Å²) in [7, 11) is 1.84. The lowest BCUT2D eigenvalue weighted by Gasteiger charge is -2.14. The molecule has 10 heteroatoms. The summed E-state index contributed by atoms with van der Waals surface area (Å²) >= 11 is 0. The predicted octanol–water partition coefficient (Wildman–Crippen LogP) is 2.10. The molecule has 0 radical (unpaired) electrons. The van der Waals surface area contributed by atoms with Gasteiger partial charge in [0, 0.05) is 26.2 Å². The second-order valence-corrected chi connectivity index (χ2v) is 7.97. The van der Waals surface area contributed by atoms with E-state index in [2.05, 4.69) is 38.5 Å². The number of nitrogens with two attached hydrogens (primary N) is 1. The Kier molecular flexibility index (Phi) is 4.82. The van der Waals surface area contributed by atoms with Crippen LogP contribution < -0.4 is 5.73 Å². The van der Waals surface area contributed by atoms with Gasteiger partial charge in [0.25, 0.3) is 0 Å². The van der Waals surface area contributed by atoms with E-state index in [-0.39, 0.29) is 23.3 Å². The standard InChI is InChI=1S/C23H21FN8O/c1-4-20(33)31-8-7-15(11-31)32-23-21(22(25)26-12-27-23)17(29-32)6-5-14-9-18-19(10-16(14)24)30(3)13(2)28-18/h4,9-10,12,15H,1,7-8,11H2,2-3H3,(H2,25,26,27)/t15-/m0/s1. The van der Waals surface area contributed by atoms with E-state index in [0.717, 1.165) is 5.82 Å². The normalized spacial score (nSPS) is 15.7. The topological polar surface area (TPSA) is 108 Å². The van der Waals surface area contributed by atoms with Crippen molar-refractivity contribution in [3.8, 4) is 11.8 Å². The van der Waals surface area contributed by atoms with Crippen LogP contribution in [0.2, 0.25) is 0 Å². The van der Waals surface area contributed by atoms with Gasteiger partial charge in [-0.1, -0.05) is 12.5 Å². The average molecular weight is 444 g/mol. The van der Waals surface area contributed by atoms with Gasteiger partial charge in [-0.25, -0.2) is 24.0 Å². The molecule has 3 aromatic heterocycles. The predicted molar refractivity (Wildman–Crippen MR) is 122 cm³/mol. The summed E-state index contributed by atoms with van der Waals surface area (Å²) < 4.78 is 18.3. The molecule has 4 heterocycles. The first-order valence-corrected chi connectivity index (χ1v) is 10.4. The minimum Gasteiger partial charge on any atom is -0.383 e. The lowest BCUT2D eigenvalue weighted by atomic mass is 10.1. The second-order valence-electron chi connectivity index (χ2n) is 7.97. The van der Waals surface area contributed by atoms with Crippen molar-refractivity contribution < 1.29 is 9.18 Å². The van der Waals surface area contributed by atoms with Gasteiger partial charge < -0.3 is 15.2 Å². The number of carbonyl (C=O) groups excluding carboxylic acids is 1. The lowest BCUT2D eigenvalue weighted by molar-refractivity contribution is -0.125. The van der Waals surface area contributed by atoms with Crippen LogP contribution in [0, 0.1) is 24.6 Å².